The van der Waals surface area contributed by atoms with E-state index >= 15 is 0 Å². The van der Waals surface area contributed by atoms with Crippen LogP contribution in [0.1, 0.15) is 33.6 Å². The first-order chi connectivity index (χ1) is 12.5. The number of hydrogen-bond donors (Lipinski definition) is 3. The summed E-state index contributed by atoms with van der Waals surface area (Å²) < 4.78 is 24.6. The standard InChI is InChI=1S/C20H31N3O2S2/c1-14-12-13-17(26-15(14)2)20(3)18(16-10-8-6-7-9-11-16)27(5,24,25)23(4)19(21)22-20/h6-10,13-15,24-25H,11-12H2,1-5H3,(H2,21,22). The van der Waals surface area contributed by atoms with Crippen molar-refractivity contribution in [3.8, 4) is 0 Å². The zero-order valence-electron chi connectivity index (χ0n) is 16.7. The van der Waals surface area contributed by atoms with E-state index in [1.165, 1.54) is 10.6 Å². The van der Waals surface area contributed by atoms with Crippen LogP contribution in [-0.4, -0.2) is 48.3 Å². The van der Waals surface area contributed by atoms with E-state index < -0.39 is 15.0 Å². The largest absolute Gasteiger partial charge is 0.369 e. The third-order valence-corrected chi connectivity index (χ3v) is 10.6. The second kappa shape index (κ2) is 6.65. The van der Waals surface area contributed by atoms with Gasteiger partial charge in [0.25, 0.3) is 0 Å². The Kier molecular flexibility index (Phi) is 5.04. The highest BCUT2D eigenvalue weighted by atomic mass is 32.3. The average molecular weight is 410 g/mol. The van der Waals surface area contributed by atoms with E-state index in [1.807, 2.05) is 37.3 Å². The van der Waals surface area contributed by atoms with Gasteiger partial charge in [-0.2, -0.15) is 9.50 Å². The lowest BCUT2D eigenvalue weighted by atomic mass is 9.89. The molecular formula is C20H31N3O2S2. The Bertz CT molecular complexity index is 865. The smallest absolute Gasteiger partial charge is 0.209 e. The fourth-order valence-corrected chi connectivity index (χ4v) is 7.86. The molecule has 3 rings (SSSR count). The van der Waals surface area contributed by atoms with E-state index in [4.69, 9.17) is 10.7 Å². The van der Waals surface area contributed by atoms with E-state index in [9.17, 15) is 9.11 Å². The van der Waals surface area contributed by atoms with Crippen molar-refractivity contribution in [2.75, 3.05) is 13.3 Å². The highest BCUT2D eigenvalue weighted by molar-refractivity contribution is 8.37. The van der Waals surface area contributed by atoms with Crippen LogP contribution in [0, 0.1) is 5.92 Å². The van der Waals surface area contributed by atoms with Crippen molar-refractivity contribution >= 4 is 32.1 Å². The molecule has 5 nitrogen and oxygen atoms in total. The van der Waals surface area contributed by atoms with E-state index in [2.05, 4.69) is 19.9 Å². The molecule has 150 valence electrons. The molecule has 27 heavy (non-hydrogen) atoms. The summed E-state index contributed by atoms with van der Waals surface area (Å²) in [6, 6.07) is 0. The van der Waals surface area contributed by atoms with Crippen LogP contribution in [0.15, 0.2) is 51.9 Å². The van der Waals surface area contributed by atoms with Gasteiger partial charge < -0.3 is 5.73 Å². The van der Waals surface area contributed by atoms with Crippen molar-refractivity contribution in [1.29, 1.82) is 0 Å². The van der Waals surface area contributed by atoms with Gasteiger partial charge in [-0.05, 0) is 31.3 Å². The minimum Gasteiger partial charge on any atom is -0.369 e. The first-order valence-corrected chi connectivity index (χ1v) is 12.4. The zero-order chi connectivity index (χ0) is 20.1. The summed E-state index contributed by atoms with van der Waals surface area (Å²) in [5.41, 5.74) is 6.18. The molecule has 0 spiro atoms. The van der Waals surface area contributed by atoms with Crippen LogP contribution in [0.5, 0.6) is 0 Å². The molecule has 0 amide bonds. The highest BCUT2D eigenvalue weighted by Gasteiger charge is 2.48. The molecule has 0 aromatic heterocycles. The van der Waals surface area contributed by atoms with Crippen molar-refractivity contribution in [2.45, 2.75) is 44.4 Å². The normalized spacial score (nSPS) is 36.9. The van der Waals surface area contributed by atoms with Gasteiger partial charge in [-0.25, -0.2) is 4.99 Å². The molecule has 0 fully saturated rings. The SMILES string of the molecule is CC1CC=C(C2(C)N=C(N)N(C)S(C)(O)(O)=C2C2=CC=CC=CC2)SC1C. The number of rotatable bonds is 2. The molecule has 0 radical (unpaired) electrons. The molecular weight excluding hydrogens is 378 g/mol. The Hall–Kier alpha value is -1.28. The van der Waals surface area contributed by atoms with E-state index in [1.54, 1.807) is 18.8 Å². The number of hydrogen-bond acceptors (Lipinski definition) is 6. The Morgan fingerprint density at radius 3 is 2.67 bits per heavy atom. The molecule has 0 saturated heterocycles. The monoisotopic (exact) mass is 409 g/mol. The minimum absolute atomic E-state index is 0.156. The molecule has 2 aliphatic heterocycles. The third kappa shape index (κ3) is 3.35. The number of nitrogens with zero attached hydrogens (tertiary/aromatic N) is 2. The molecule has 7 heteroatoms. The van der Waals surface area contributed by atoms with Gasteiger partial charge in [0.15, 0.2) is 0 Å². The molecule has 4 N–H and O–H groups in total. The van der Waals surface area contributed by atoms with Crippen LogP contribution in [0.2, 0.25) is 0 Å². The Morgan fingerprint density at radius 2 is 2.00 bits per heavy atom. The number of thioether (sulfide) groups is 1. The number of guanidine groups is 1. The first-order valence-electron chi connectivity index (χ1n) is 9.23. The summed E-state index contributed by atoms with van der Waals surface area (Å²) in [6.45, 7) is 6.42. The molecule has 0 aromatic rings. The van der Waals surface area contributed by atoms with Gasteiger partial charge in [-0.15, -0.1) is 11.8 Å². The fourth-order valence-electron chi connectivity index (χ4n) is 3.87. The lowest BCUT2D eigenvalue weighted by Gasteiger charge is -2.58. The van der Waals surface area contributed by atoms with Crippen molar-refractivity contribution in [2.24, 2.45) is 16.6 Å². The van der Waals surface area contributed by atoms with Crippen LogP contribution >= 0.6 is 21.3 Å². The van der Waals surface area contributed by atoms with Crippen LogP contribution in [0.25, 0.3) is 0 Å². The Labute approximate surface area is 166 Å². The Balaban J connectivity index is 2.30. The summed E-state index contributed by atoms with van der Waals surface area (Å²) in [6.07, 6.45) is 15.1. The predicted molar refractivity (Wildman–Crippen MR) is 121 cm³/mol. The van der Waals surface area contributed by atoms with Crippen LogP contribution < -0.4 is 5.73 Å². The fraction of sp³-hybridized carbons (Fsp3) is 0.500. The van der Waals surface area contributed by atoms with Gasteiger partial charge in [0, 0.05) is 23.5 Å². The molecule has 0 saturated carbocycles. The third-order valence-electron chi connectivity index (χ3n) is 5.79. The topological polar surface area (TPSA) is 82.1 Å². The number of allylic oxidation sites excluding steroid dienone is 6. The highest BCUT2D eigenvalue weighted by Crippen LogP contribution is 2.60. The van der Waals surface area contributed by atoms with Crippen molar-refractivity contribution in [3.05, 3.63) is 46.9 Å². The molecule has 3 atom stereocenters. The summed E-state index contributed by atoms with van der Waals surface area (Å²) in [4.78, 5) is 6.43. The van der Waals surface area contributed by atoms with Crippen LogP contribution in [-0.2, 0) is 0 Å². The van der Waals surface area contributed by atoms with Gasteiger partial charge in [-0.1, -0.05) is 50.3 Å². The van der Waals surface area contributed by atoms with Gasteiger partial charge >= 0.3 is 0 Å². The van der Waals surface area contributed by atoms with Crippen LogP contribution in [0.3, 0.4) is 0 Å². The predicted octanol–water partition coefficient (Wildman–Crippen LogP) is 4.50. The van der Waals surface area contributed by atoms with Gasteiger partial charge in [0.2, 0.25) is 5.96 Å². The van der Waals surface area contributed by atoms with Crippen LogP contribution in [0.4, 0.5) is 0 Å². The van der Waals surface area contributed by atoms with Crippen molar-refractivity contribution in [1.82, 2.24) is 4.31 Å². The summed E-state index contributed by atoms with van der Waals surface area (Å²) >= 11 is 1.77. The zero-order valence-corrected chi connectivity index (χ0v) is 18.3. The van der Waals surface area contributed by atoms with Gasteiger partial charge in [0.05, 0.1) is 4.86 Å². The minimum atomic E-state index is -4.14. The number of nitrogens with two attached hydrogens (primary N) is 1. The molecule has 2 heterocycles. The summed E-state index contributed by atoms with van der Waals surface area (Å²) in [7, 11) is -2.54. The van der Waals surface area contributed by atoms with Gasteiger partial charge in [-0.3, -0.25) is 13.4 Å². The molecule has 0 aromatic carbocycles. The summed E-state index contributed by atoms with van der Waals surface area (Å²) in [5, 5.41) is 0.430. The van der Waals surface area contributed by atoms with E-state index in [0.717, 1.165) is 16.9 Å². The first kappa shape index (κ1) is 20.5. The van der Waals surface area contributed by atoms with E-state index in [-0.39, 0.29) is 5.96 Å². The second-order valence-corrected chi connectivity index (χ2v) is 12.9. The average Bonchev–Trinajstić information content (AvgIpc) is 2.83. The lowest BCUT2D eigenvalue weighted by molar-refractivity contribution is 0.431. The van der Waals surface area contributed by atoms with Crippen molar-refractivity contribution in [3.63, 3.8) is 0 Å². The quantitative estimate of drug-likeness (QED) is 0.585. The molecule has 3 unspecified atom stereocenters. The maximum atomic E-state index is 11.6. The summed E-state index contributed by atoms with van der Waals surface area (Å²) in [5.74, 6) is 0.725. The lowest BCUT2D eigenvalue weighted by Crippen LogP contribution is -2.54. The Morgan fingerprint density at radius 1 is 1.30 bits per heavy atom. The van der Waals surface area contributed by atoms with Gasteiger partial charge in [0.1, 0.15) is 5.54 Å². The number of aliphatic imine (C=N–C) groups is 1. The van der Waals surface area contributed by atoms with Crippen molar-refractivity contribution < 1.29 is 9.11 Å². The molecule has 0 bridgehead atoms. The van der Waals surface area contributed by atoms with E-state index in [0.29, 0.717) is 22.5 Å². The molecule has 1 aliphatic carbocycles. The maximum Gasteiger partial charge on any atom is 0.209 e. The molecule has 3 aliphatic rings. The second-order valence-electron chi connectivity index (χ2n) is 7.95. The maximum absolute atomic E-state index is 11.6.